The number of hydrogen-bond acceptors (Lipinski definition) is 4. The lowest BCUT2D eigenvalue weighted by Crippen LogP contribution is -2.47. The summed E-state index contributed by atoms with van der Waals surface area (Å²) in [6.45, 7) is 8.53. The monoisotopic (exact) mass is 405 g/mol. The second kappa shape index (κ2) is 8.21. The van der Waals surface area contributed by atoms with E-state index in [-0.39, 0.29) is 17.5 Å². The largest absolute Gasteiger partial charge is 0.481 e. The number of amides is 1. The summed E-state index contributed by atoms with van der Waals surface area (Å²) in [5.41, 5.74) is 3.36. The summed E-state index contributed by atoms with van der Waals surface area (Å²) in [5, 5.41) is 0. The highest BCUT2D eigenvalue weighted by Gasteiger charge is 2.57. The van der Waals surface area contributed by atoms with Gasteiger partial charge < -0.3 is 9.64 Å². The van der Waals surface area contributed by atoms with Crippen LogP contribution in [0.1, 0.15) is 51.2 Å². The van der Waals surface area contributed by atoms with Crippen LogP contribution in [0.2, 0.25) is 0 Å². The van der Waals surface area contributed by atoms with Gasteiger partial charge in [-0.3, -0.25) is 14.8 Å². The van der Waals surface area contributed by atoms with Crippen LogP contribution in [0, 0.1) is 12.8 Å². The van der Waals surface area contributed by atoms with E-state index in [1.807, 2.05) is 55.3 Å². The number of nitrogens with zero attached hydrogens (tertiary/aromatic N) is 3. The first-order chi connectivity index (χ1) is 14.4. The Balaban J connectivity index is 1.48. The lowest BCUT2D eigenvalue weighted by molar-refractivity contribution is -0.138. The number of pyridine rings is 1. The summed E-state index contributed by atoms with van der Waals surface area (Å²) in [6.07, 6.45) is 6.37. The van der Waals surface area contributed by atoms with Crippen molar-refractivity contribution >= 4 is 11.6 Å². The van der Waals surface area contributed by atoms with Gasteiger partial charge in [0.2, 0.25) is 0 Å². The molecule has 2 aromatic rings. The minimum absolute atomic E-state index is 0.00150. The fraction of sp³-hybridized carbons (Fsp3) is 0.480. The molecule has 1 saturated carbocycles. The molecule has 4 rings (SSSR count). The van der Waals surface area contributed by atoms with Crippen molar-refractivity contribution in [3.63, 3.8) is 0 Å². The molecule has 5 nitrogen and oxygen atoms in total. The highest BCUT2D eigenvalue weighted by molar-refractivity contribution is 5.92. The minimum atomic E-state index is -0.541. The molecule has 3 atom stereocenters. The van der Waals surface area contributed by atoms with Crippen molar-refractivity contribution in [1.29, 1.82) is 0 Å². The van der Waals surface area contributed by atoms with Crippen molar-refractivity contribution in [2.24, 2.45) is 10.9 Å². The van der Waals surface area contributed by atoms with Gasteiger partial charge in [-0.15, -0.1) is 0 Å². The molecule has 1 aromatic carbocycles. The van der Waals surface area contributed by atoms with E-state index in [1.165, 1.54) is 11.1 Å². The number of aryl methyl sites for hydroxylation is 1. The van der Waals surface area contributed by atoms with E-state index in [1.54, 1.807) is 6.20 Å². The fourth-order valence-electron chi connectivity index (χ4n) is 4.44. The molecular weight excluding hydrogens is 374 g/mol. The van der Waals surface area contributed by atoms with Crippen molar-refractivity contribution in [3.8, 4) is 5.75 Å². The van der Waals surface area contributed by atoms with Gasteiger partial charge in [0.05, 0.1) is 12.1 Å². The zero-order chi connectivity index (χ0) is 21.3. The summed E-state index contributed by atoms with van der Waals surface area (Å²) < 4.78 is 5.93. The number of aliphatic imine (C=N–C) groups is 1. The van der Waals surface area contributed by atoms with Gasteiger partial charge in [-0.1, -0.05) is 23.8 Å². The Bertz CT molecular complexity index is 923. The molecule has 1 aromatic heterocycles. The number of carbonyl (C=O) groups excluding carboxylic acids is 1. The Kier molecular flexibility index (Phi) is 5.63. The van der Waals surface area contributed by atoms with Gasteiger partial charge in [-0.05, 0) is 76.6 Å². The molecule has 3 unspecified atom stereocenters. The molecular formula is C25H31N3O2. The molecule has 1 fully saturated rings. The van der Waals surface area contributed by atoms with E-state index in [2.05, 4.69) is 24.9 Å². The molecule has 0 radical (unpaired) electrons. The van der Waals surface area contributed by atoms with E-state index in [0.29, 0.717) is 12.5 Å². The Morgan fingerprint density at radius 2 is 2.00 bits per heavy atom. The zero-order valence-electron chi connectivity index (χ0n) is 18.3. The lowest BCUT2D eigenvalue weighted by Gasteiger charge is -2.31. The number of hydrogen-bond donors (Lipinski definition) is 0. The minimum Gasteiger partial charge on any atom is -0.481 e. The summed E-state index contributed by atoms with van der Waals surface area (Å²) in [6, 6.07) is 12.0. The number of carbonyl (C=O) groups is 1. The molecule has 0 saturated heterocycles. The number of benzene rings is 1. The molecule has 0 bridgehead atoms. The first-order valence-electron chi connectivity index (χ1n) is 10.9. The third-order valence-electron chi connectivity index (χ3n) is 6.31. The van der Waals surface area contributed by atoms with Crippen molar-refractivity contribution < 1.29 is 9.53 Å². The Hall–Kier alpha value is -2.69. The standard InChI is InChI=1S/C25H31N3O2/c1-17(2)28(24(29)19(4)30-23-11-7-18(3)8-12-23)16-22-10-9-20-14-25(20,27-22)21-6-5-13-26-15-21/h5-8,11-13,15,17,19-20H,9-10,14,16H2,1-4H3. The van der Waals surface area contributed by atoms with Gasteiger partial charge in [0.15, 0.2) is 6.10 Å². The Labute approximate surface area is 179 Å². The molecule has 5 heteroatoms. The van der Waals surface area contributed by atoms with Crippen LogP contribution in [0.25, 0.3) is 0 Å². The molecule has 1 aliphatic carbocycles. The van der Waals surface area contributed by atoms with Crippen LogP contribution >= 0.6 is 0 Å². The van der Waals surface area contributed by atoms with Crippen molar-refractivity contribution in [2.45, 2.75) is 64.6 Å². The first-order valence-corrected chi connectivity index (χ1v) is 10.9. The predicted molar refractivity (Wildman–Crippen MR) is 119 cm³/mol. The summed E-state index contributed by atoms with van der Waals surface area (Å²) in [7, 11) is 0. The van der Waals surface area contributed by atoms with Crippen LogP contribution in [0.4, 0.5) is 0 Å². The van der Waals surface area contributed by atoms with E-state index >= 15 is 0 Å². The maximum atomic E-state index is 13.2. The van der Waals surface area contributed by atoms with Gasteiger partial charge in [0, 0.05) is 24.1 Å². The number of fused-ring (bicyclic) bond motifs is 1. The van der Waals surface area contributed by atoms with Crippen LogP contribution in [-0.2, 0) is 10.3 Å². The number of aromatic nitrogens is 1. The number of rotatable bonds is 7. The molecule has 1 amide bonds. The first kappa shape index (κ1) is 20.6. The second-order valence-electron chi connectivity index (χ2n) is 8.92. The van der Waals surface area contributed by atoms with Crippen molar-refractivity contribution in [3.05, 3.63) is 59.9 Å². The maximum Gasteiger partial charge on any atom is 0.263 e. The van der Waals surface area contributed by atoms with E-state index in [4.69, 9.17) is 9.73 Å². The van der Waals surface area contributed by atoms with Gasteiger partial charge >= 0.3 is 0 Å². The van der Waals surface area contributed by atoms with E-state index in [0.717, 1.165) is 30.7 Å². The second-order valence-corrected chi connectivity index (χ2v) is 8.92. The highest BCUT2D eigenvalue weighted by atomic mass is 16.5. The van der Waals surface area contributed by atoms with Crippen LogP contribution < -0.4 is 4.74 Å². The van der Waals surface area contributed by atoms with Crippen molar-refractivity contribution in [2.75, 3.05) is 6.54 Å². The fourth-order valence-corrected chi connectivity index (χ4v) is 4.44. The van der Waals surface area contributed by atoms with E-state index in [9.17, 15) is 4.79 Å². The smallest absolute Gasteiger partial charge is 0.263 e. The van der Waals surface area contributed by atoms with Crippen LogP contribution in [0.3, 0.4) is 0 Å². The number of ether oxygens (including phenoxy) is 1. The Morgan fingerprint density at radius 1 is 1.23 bits per heavy atom. The molecule has 2 aliphatic rings. The maximum absolute atomic E-state index is 13.2. The van der Waals surface area contributed by atoms with Gasteiger partial charge in [-0.25, -0.2) is 0 Å². The SMILES string of the molecule is Cc1ccc(OC(C)C(=O)N(CC2=NC3(c4cccnc4)CC3CC2)C(C)C)cc1. The predicted octanol–water partition coefficient (Wildman–Crippen LogP) is 4.54. The van der Waals surface area contributed by atoms with E-state index < -0.39 is 6.10 Å². The van der Waals surface area contributed by atoms with Crippen LogP contribution in [0.15, 0.2) is 53.8 Å². The molecule has 30 heavy (non-hydrogen) atoms. The summed E-state index contributed by atoms with van der Waals surface area (Å²) in [4.78, 5) is 24.6. The normalized spacial score (nSPS) is 23.4. The highest BCUT2D eigenvalue weighted by Crippen LogP contribution is 2.59. The topological polar surface area (TPSA) is 54.8 Å². The molecule has 0 N–H and O–H groups in total. The van der Waals surface area contributed by atoms with Crippen molar-refractivity contribution in [1.82, 2.24) is 9.88 Å². The van der Waals surface area contributed by atoms with Gasteiger partial charge in [0.25, 0.3) is 5.91 Å². The third-order valence-corrected chi connectivity index (χ3v) is 6.31. The zero-order valence-corrected chi connectivity index (χ0v) is 18.3. The lowest BCUT2D eigenvalue weighted by atomic mass is 9.97. The molecule has 2 heterocycles. The average molecular weight is 406 g/mol. The van der Waals surface area contributed by atoms with Gasteiger partial charge in [0.1, 0.15) is 5.75 Å². The quantitative estimate of drug-likeness (QED) is 0.679. The molecule has 158 valence electrons. The third kappa shape index (κ3) is 4.11. The van der Waals surface area contributed by atoms with Gasteiger partial charge in [-0.2, -0.15) is 0 Å². The Morgan fingerprint density at radius 3 is 2.67 bits per heavy atom. The molecule has 0 spiro atoms. The average Bonchev–Trinajstić information content (AvgIpc) is 3.49. The van der Waals surface area contributed by atoms with Crippen LogP contribution in [0.5, 0.6) is 5.75 Å². The van der Waals surface area contributed by atoms with Crippen LogP contribution in [-0.4, -0.2) is 40.2 Å². The summed E-state index contributed by atoms with van der Waals surface area (Å²) >= 11 is 0. The summed E-state index contributed by atoms with van der Waals surface area (Å²) in [5.74, 6) is 1.33. The molecule has 1 aliphatic heterocycles.